The number of hydrogen-bond acceptors (Lipinski definition) is 4. The second-order valence-corrected chi connectivity index (χ2v) is 5.42. The molecule has 0 radical (unpaired) electrons. The van der Waals surface area contributed by atoms with Gasteiger partial charge in [-0.05, 0) is 25.1 Å². The van der Waals surface area contributed by atoms with E-state index in [-0.39, 0.29) is 5.91 Å². The minimum atomic E-state index is -0.859. The molecule has 6 nitrogen and oxygen atoms in total. The topological polar surface area (TPSA) is 75.7 Å². The molecule has 2 amide bonds. The molecule has 1 aromatic rings. The largest absolute Gasteiger partial charge is 0.349 e. The van der Waals surface area contributed by atoms with Gasteiger partial charge in [0.1, 0.15) is 17.9 Å². The second-order valence-electron chi connectivity index (χ2n) is 5.26. The smallest absolute Gasteiger partial charge is 0.346 e. The van der Waals surface area contributed by atoms with E-state index in [4.69, 9.17) is 11.9 Å². The van der Waals surface area contributed by atoms with E-state index in [2.05, 4.69) is 21.4 Å². The van der Waals surface area contributed by atoms with Gasteiger partial charge >= 0.3 is 5.97 Å². The van der Waals surface area contributed by atoms with E-state index in [0.717, 1.165) is 0 Å². The molecule has 1 atom stereocenters. The molecule has 0 aliphatic heterocycles. The molecule has 0 spiro atoms. The van der Waals surface area contributed by atoms with Gasteiger partial charge in [0.25, 0.3) is 5.91 Å². The second kappa shape index (κ2) is 9.58. The van der Waals surface area contributed by atoms with E-state index in [1.54, 1.807) is 38.4 Å². The molecule has 0 bridgehead atoms. The van der Waals surface area contributed by atoms with E-state index in [1.807, 2.05) is 0 Å². The minimum absolute atomic E-state index is 0.0117. The molecule has 7 heteroatoms. The predicted molar refractivity (Wildman–Crippen MR) is 90.1 cm³/mol. The summed E-state index contributed by atoms with van der Waals surface area (Å²) in [4.78, 5) is 36.2. The number of rotatable bonds is 5. The molecule has 24 heavy (non-hydrogen) atoms. The van der Waals surface area contributed by atoms with Crippen molar-refractivity contribution in [2.45, 2.75) is 25.8 Å². The van der Waals surface area contributed by atoms with Crippen LogP contribution in [0.15, 0.2) is 24.3 Å². The number of halogens is 1. The quantitative estimate of drug-likeness (QED) is 0.820. The van der Waals surface area contributed by atoms with Crippen LogP contribution < -0.4 is 5.32 Å². The molecule has 0 fully saturated rings. The molecule has 0 heterocycles. The van der Waals surface area contributed by atoms with Crippen LogP contribution in [0.25, 0.3) is 0 Å². The Hall–Kier alpha value is -2.52. The summed E-state index contributed by atoms with van der Waals surface area (Å²) in [5, 5.41) is 2.47. The van der Waals surface area contributed by atoms with Crippen molar-refractivity contribution >= 4 is 29.6 Å². The highest BCUT2D eigenvalue weighted by Gasteiger charge is 2.17. The number of nitrogens with zero attached hydrogens (tertiary/aromatic N) is 1. The molecule has 0 unspecified atom stereocenters. The lowest BCUT2D eigenvalue weighted by Gasteiger charge is -2.10. The first-order valence-corrected chi connectivity index (χ1v) is 7.58. The third-order valence-corrected chi connectivity index (χ3v) is 3.25. The third kappa shape index (κ3) is 6.31. The first-order chi connectivity index (χ1) is 11.3. The zero-order valence-electron chi connectivity index (χ0n) is 13.8. The highest BCUT2D eigenvalue weighted by atomic mass is 35.5. The Kier molecular flexibility index (Phi) is 7.80. The van der Waals surface area contributed by atoms with Crippen molar-refractivity contribution in [2.75, 3.05) is 14.1 Å². The molecule has 1 rings (SSSR count). The molecular weight excluding hydrogens is 332 g/mol. The third-order valence-electron chi connectivity index (χ3n) is 3.10. The van der Waals surface area contributed by atoms with Crippen LogP contribution in [-0.2, 0) is 13.9 Å². The summed E-state index contributed by atoms with van der Waals surface area (Å²) in [5.41, 5.74) is 1.01. The van der Waals surface area contributed by atoms with Crippen molar-refractivity contribution in [3.05, 3.63) is 35.4 Å². The predicted octanol–water partition coefficient (Wildman–Crippen LogP) is 1.72. The summed E-state index contributed by atoms with van der Waals surface area (Å²) in [6.45, 7) is 1.47. The Balaban J connectivity index is 2.68. The summed E-state index contributed by atoms with van der Waals surface area (Å²) >= 11 is 4.97. The standard InChI is InChI=1S/C17H19ClN2O4/c1-12(17(23)24-18)19-16(22)14-9-6-8-13(11-14)7-4-5-10-15(21)20(2)3/h6,8-9,11-12H,5,10H2,1-3H3,(H,19,22)/t12-/m1/s1. The van der Waals surface area contributed by atoms with Gasteiger partial charge in [-0.25, -0.2) is 4.79 Å². The Morgan fingerprint density at radius 1 is 1.33 bits per heavy atom. The van der Waals surface area contributed by atoms with Gasteiger partial charge in [0, 0.05) is 38.1 Å². The van der Waals surface area contributed by atoms with Crippen LogP contribution in [0.1, 0.15) is 35.7 Å². The number of carbonyl (C=O) groups is 3. The summed E-state index contributed by atoms with van der Waals surface area (Å²) in [6, 6.07) is 5.80. The van der Waals surface area contributed by atoms with Gasteiger partial charge in [0.2, 0.25) is 5.91 Å². The summed E-state index contributed by atoms with van der Waals surface area (Å²) < 4.78 is 4.04. The highest BCUT2D eigenvalue weighted by molar-refractivity contribution is 6.14. The van der Waals surface area contributed by atoms with E-state index in [9.17, 15) is 14.4 Å². The van der Waals surface area contributed by atoms with Gasteiger partial charge < -0.3 is 14.5 Å². The minimum Gasteiger partial charge on any atom is -0.349 e. The van der Waals surface area contributed by atoms with Crippen molar-refractivity contribution in [3.8, 4) is 11.8 Å². The Bertz CT molecular complexity index is 677. The molecule has 0 saturated carbocycles. The normalized spacial score (nSPS) is 10.8. The average molecular weight is 351 g/mol. The van der Waals surface area contributed by atoms with E-state index < -0.39 is 17.9 Å². The molecule has 0 saturated heterocycles. The maximum Gasteiger partial charge on any atom is 0.346 e. The van der Waals surface area contributed by atoms with Crippen LogP contribution in [0, 0.1) is 11.8 Å². The fourth-order valence-electron chi connectivity index (χ4n) is 1.70. The van der Waals surface area contributed by atoms with E-state index >= 15 is 0 Å². The van der Waals surface area contributed by atoms with Crippen molar-refractivity contribution in [1.29, 1.82) is 0 Å². The van der Waals surface area contributed by atoms with Crippen LogP contribution in [0.2, 0.25) is 0 Å². The van der Waals surface area contributed by atoms with Crippen LogP contribution >= 0.6 is 11.9 Å². The molecule has 0 aliphatic carbocycles. The van der Waals surface area contributed by atoms with Gasteiger partial charge in [-0.15, -0.1) is 0 Å². The lowest BCUT2D eigenvalue weighted by Crippen LogP contribution is -2.38. The number of amides is 2. The number of carbonyl (C=O) groups excluding carboxylic acids is 3. The van der Waals surface area contributed by atoms with Crippen molar-refractivity contribution in [1.82, 2.24) is 10.2 Å². The Morgan fingerprint density at radius 2 is 2.04 bits per heavy atom. The van der Waals surface area contributed by atoms with Crippen LogP contribution in [0.3, 0.4) is 0 Å². The number of nitrogens with one attached hydrogen (secondary N) is 1. The van der Waals surface area contributed by atoms with Crippen molar-refractivity contribution in [3.63, 3.8) is 0 Å². The summed E-state index contributed by atoms with van der Waals surface area (Å²) in [5.74, 6) is 4.64. The first kappa shape index (κ1) is 19.5. The summed E-state index contributed by atoms with van der Waals surface area (Å²) in [7, 11) is 3.39. The molecule has 1 aromatic carbocycles. The first-order valence-electron chi connectivity index (χ1n) is 7.27. The van der Waals surface area contributed by atoms with Gasteiger partial charge in [-0.1, -0.05) is 17.9 Å². The Morgan fingerprint density at radius 3 is 2.67 bits per heavy atom. The monoisotopic (exact) mass is 350 g/mol. The molecule has 1 N–H and O–H groups in total. The van der Waals surface area contributed by atoms with E-state index in [1.165, 1.54) is 11.8 Å². The van der Waals surface area contributed by atoms with Gasteiger partial charge in [0.15, 0.2) is 0 Å². The zero-order chi connectivity index (χ0) is 18.1. The van der Waals surface area contributed by atoms with Crippen LogP contribution in [0.4, 0.5) is 0 Å². The molecular formula is C17H19ClN2O4. The Labute approximate surface area is 146 Å². The lowest BCUT2D eigenvalue weighted by molar-refractivity contribution is -0.135. The maximum absolute atomic E-state index is 12.1. The molecule has 128 valence electrons. The summed E-state index contributed by atoms with van der Waals surface area (Å²) in [6.07, 6.45) is 0.782. The molecule has 0 aliphatic rings. The van der Waals surface area contributed by atoms with Crippen LogP contribution in [0.5, 0.6) is 0 Å². The average Bonchev–Trinajstić information content (AvgIpc) is 2.57. The zero-order valence-corrected chi connectivity index (χ0v) is 14.5. The van der Waals surface area contributed by atoms with Gasteiger partial charge in [0.05, 0.1) is 0 Å². The maximum atomic E-state index is 12.1. The van der Waals surface area contributed by atoms with Crippen LogP contribution in [-0.4, -0.2) is 42.8 Å². The fraction of sp³-hybridized carbons (Fsp3) is 0.353. The molecule has 0 aromatic heterocycles. The van der Waals surface area contributed by atoms with Gasteiger partial charge in [-0.3, -0.25) is 9.59 Å². The lowest BCUT2D eigenvalue weighted by atomic mass is 10.1. The van der Waals surface area contributed by atoms with Gasteiger partial charge in [-0.2, -0.15) is 0 Å². The SMILES string of the molecule is C[C@@H](NC(=O)c1cccc(C#CCCC(=O)N(C)C)c1)C(=O)OCl. The van der Waals surface area contributed by atoms with Crippen molar-refractivity contribution < 1.29 is 18.7 Å². The fourth-order valence-corrected chi connectivity index (χ4v) is 1.84. The number of benzene rings is 1. The highest BCUT2D eigenvalue weighted by Crippen LogP contribution is 2.05. The van der Waals surface area contributed by atoms with Crippen molar-refractivity contribution in [2.24, 2.45) is 0 Å². The number of hydrogen-bond donors (Lipinski definition) is 1. The van der Waals surface area contributed by atoms with E-state index in [0.29, 0.717) is 24.0 Å².